The molecular formula is C62H50N2. The molecule has 1 aromatic heterocycles. The molecule has 3 unspecified atom stereocenters. The van der Waals surface area contributed by atoms with Gasteiger partial charge in [-0.3, -0.25) is 0 Å². The van der Waals surface area contributed by atoms with Crippen LogP contribution in [0.3, 0.4) is 0 Å². The van der Waals surface area contributed by atoms with Crippen LogP contribution >= 0.6 is 0 Å². The average molecular weight is 823 g/mol. The molecule has 2 bridgehead atoms. The Bertz CT molecular complexity index is 3380. The van der Waals surface area contributed by atoms with Crippen LogP contribution < -0.4 is 4.90 Å². The van der Waals surface area contributed by atoms with E-state index in [0.29, 0.717) is 0 Å². The third kappa shape index (κ3) is 5.64. The van der Waals surface area contributed by atoms with E-state index in [0.717, 1.165) is 23.7 Å². The molecule has 0 amide bonds. The molecule has 5 atom stereocenters. The summed E-state index contributed by atoms with van der Waals surface area (Å²) < 4.78 is 2.48. The average Bonchev–Trinajstić information content (AvgIpc) is 3.60. The van der Waals surface area contributed by atoms with Crippen molar-refractivity contribution in [3.8, 4) is 39.1 Å². The second-order valence-corrected chi connectivity index (χ2v) is 19.0. The van der Waals surface area contributed by atoms with Gasteiger partial charge in [0.25, 0.3) is 0 Å². The first-order valence-electron chi connectivity index (χ1n) is 23.4. The number of benzene rings is 9. The Balaban J connectivity index is 0.943. The lowest BCUT2D eigenvalue weighted by atomic mass is 9.49. The minimum absolute atomic E-state index is 0.251. The molecule has 0 saturated heterocycles. The van der Waals surface area contributed by atoms with Gasteiger partial charge in [0.05, 0.1) is 16.7 Å². The lowest BCUT2D eigenvalue weighted by Crippen LogP contribution is -2.50. The van der Waals surface area contributed by atoms with Crippen molar-refractivity contribution in [3.63, 3.8) is 0 Å². The number of fused-ring (bicyclic) bond motifs is 6. The summed E-state index contributed by atoms with van der Waals surface area (Å²) in [6.45, 7) is 2.56. The van der Waals surface area contributed by atoms with Gasteiger partial charge in [0.1, 0.15) is 0 Å². The maximum Gasteiger partial charge on any atom is 0.0547 e. The van der Waals surface area contributed by atoms with E-state index in [1.807, 2.05) is 0 Å². The Kier molecular flexibility index (Phi) is 8.60. The number of hydrogen-bond donors (Lipinski definition) is 0. The fourth-order valence-electron chi connectivity index (χ4n) is 13.2. The monoisotopic (exact) mass is 822 g/mol. The van der Waals surface area contributed by atoms with Gasteiger partial charge in [0, 0.05) is 38.8 Å². The molecule has 3 fully saturated rings. The number of para-hydroxylation sites is 3. The molecule has 2 nitrogen and oxygen atoms in total. The first kappa shape index (κ1) is 37.4. The van der Waals surface area contributed by atoms with Gasteiger partial charge in [-0.05, 0) is 142 Å². The van der Waals surface area contributed by atoms with Crippen molar-refractivity contribution in [3.05, 3.63) is 218 Å². The van der Waals surface area contributed by atoms with E-state index in [9.17, 15) is 0 Å². The Labute approximate surface area is 376 Å². The van der Waals surface area contributed by atoms with Gasteiger partial charge in [-0.1, -0.05) is 171 Å². The minimum atomic E-state index is 0.251. The first-order chi connectivity index (χ1) is 31.6. The van der Waals surface area contributed by atoms with Gasteiger partial charge in [-0.2, -0.15) is 0 Å². The molecule has 0 radical (unpaired) electrons. The predicted octanol–water partition coefficient (Wildman–Crippen LogP) is 16.7. The highest BCUT2D eigenvalue weighted by molar-refractivity contribution is 6.21. The molecule has 308 valence electrons. The van der Waals surface area contributed by atoms with E-state index in [4.69, 9.17) is 0 Å². The van der Waals surface area contributed by atoms with Gasteiger partial charge < -0.3 is 9.47 Å². The molecule has 0 N–H and O–H groups in total. The van der Waals surface area contributed by atoms with Crippen LogP contribution in [-0.2, 0) is 5.41 Å². The summed E-state index contributed by atoms with van der Waals surface area (Å²) in [6, 6.07) is 79.0. The zero-order valence-corrected chi connectivity index (χ0v) is 36.2. The number of hydrogen-bond acceptors (Lipinski definition) is 1. The largest absolute Gasteiger partial charge is 0.310 e. The van der Waals surface area contributed by atoms with Crippen LogP contribution in [0.25, 0.3) is 71.6 Å². The molecule has 3 saturated carbocycles. The van der Waals surface area contributed by atoms with Crippen molar-refractivity contribution >= 4 is 49.6 Å². The third-order valence-electron chi connectivity index (χ3n) is 15.9. The molecule has 9 aromatic carbocycles. The normalized spacial score (nSPS) is 21.0. The molecule has 3 aliphatic carbocycles. The summed E-state index contributed by atoms with van der Waals surface area (Å²) in [4.78, 5) is 2.56. The third-order valence-corrected chi connectivity index (χ3v) is 15.9. The predicted molar refractivity (Wildman–Crippen MR) is 269 cm³/mol. The standard InChI is InChI=1S/C62H50N2/c1-41-46-27-28-47-40-62(39-46,61(41)47)55-23-11-14-26-58(55)63(48-34-29-44(30-35-48)51-19-8-7-18-50(51)42-15-3-2-4-16-42)49-36-31-45(32-37-49)52-20-9-12-24-56(52)64-57-25-13-10-22-54(57)60-53-21-6-5-17-43(53)33-38-59(60)64/h2-26,29-38,41,46-47,61H,27-28,39-40H2,1H3/t41-,46?,47?,61?,62+/m0/s1. The summed E-state index contributed by atoms with van der Waals surface area (Å²) in [5.41, 5.74) is 16.5. The van der Waals surface area contributed by atoms with Crippen LogP contribution in [0.15, 0.2) is 212 Å². The first-order valence-corrected chi connectivity index (χ1v) is 23.4. The summed E-state index contributed by atoms with van der Waals surface area (Å²) in [7, 11) is 0. The summed E-state index contributed by atoms with van der Waals surface area (Å²) in [6.07, 6.45) is 5.46. The van der Waals surface area contributed by atoms with Gasteiger partial charge >= 0.3 is 0 Å². The molecule has 2 heteroatoms. The number of anilines is 3. The Morgan fingerprint density at radius 1 is 0.453 bits per heavy atom. The van der Waals surface area contributed by atoms with E-state index in [1.54, 1.807) is 5.56 Å². The molecule has 3 aliphatic rings. The Morgan fingerprint density at radius 3 is 1.78 bits per heavy atom. The van der Waals surface area contributed by atoms with Crippen LogP contribution in [0, 0.1) is 23.7 Å². The van der Waals surface area contributed by atoms with Crippen molar-refractivity contribution in [2.24, 2.45) is 23.7 Å². The van der Waals surface area contributed by atoms with Crippen molar-refractivity contribution < 1.29 is 0 Å². The van der Waals surface area contributed by atoms with E-state index in [2.05, 4.69) is 229 Å². The van der Waals surface area contributed by atoms with Gasteiger partial charge in [-0.15, -0.1) is 0 Å². The van der Waals surface area contributed by atoms with Gasteiger partial charge in [0.15, 0.2) is 0 Å². The highest BCUT2D eigenvalue weighted by atomic mass is 15.1. The quantitative estimate of drug-likeness (QED) is 0.148. The van der Waals surface area contributed by atoms with E-state index >= 15 is 0 Å². The fourth-order valence-corrected chi connectivity index (χ4v) is 13.2. The maximum atomic E-state index is 2.56. The SMILES string of the molecule is C[C@H]1C2CCC3C[C@@](c4ccccc4N(c4ccc(-c5ccccc5-c5ccccc5)cc4)c4ccc(-c5ccccc5-n5c6ccccc6c6c7ccccc7ccc65)cc4)(C2)C31. The van der Waals surface area contributed by atoms with Crippen molar-refractivity contribution in [2.45, 2.75) is 38.0 Å². The zero-order chi connectivity index (χ0) is 42.4. The smallest absolute Gasteiger partial charge is 0.0547 e. The summed E-state index contributed by atoms with van der Waals surface area (Å²) in [5, 5.41) is 5.14. The highest BCUT2D eigenvalue weighted by Crippen LogP contribution is 2.71. The van der Waals surface area contributed by atoms with E-state index < -0.39 is 0 Å². The van der Waals surface area contributed by atoms with E-state index in [1.165, 1.54) is 114 Å². The number of aromatic nitrogens is 1. The minimum Gasteiger partial charge on any atom is -0.310 e. The van der Waals surface area contributed by atoms with Crippen molar-refractivity contribution in [1.29, 1.82) is 0 Å². The molecule has 64 heavy (non-hydrogen) atoms. The van der Waals surface area contributed by atoms with Gasteiger partial charge in [-0.25, -0.2) is 0 Å². The summed E-state index contributed by atoms with van der Waals surface area (Å²) >= 11 is 0. The Hall–Kier alpha value is -7.16. The number of rotatable bonds is 8. The molecule has 0 aliphatic heterocycles. The van der Waals surface area contributed by atoms with Crippen LogP contribution in [0.2, 0.25) is 0 Å². The molecular weight excluding hydrogens is 773 g/mol. The lowest BCUT2D eigenvalue weighted by molar-refractivity contribution is 0.0125. The second-order valence-electron chi connectivity index (χ2n) is 19.0. The van der Waals surface area contributed by atoms with Gasteiger partial charge in [0.2, 0.25) is 0 Å². The maximum absolute atomic E-state index is 2.56. The molecule has 13 rings (SSSR count). The zero-order valence-electron chi connectivity index (χ0n) is 36.2. The van der Waals surface area contributed by atoms with E-state index in [-0.39, 0.29) is 5.41 Å². The summed E-state index contributed by atoms with van der Waals surface area (Å²) in [5.74, 6) is 3.28. The van der Waals surface area contributed by atoms with Crippen LogP contribution in [0.1, 0.15) is 38.2 Å². The van der Waals surface area contributed by atoms with Crippen LogP contribution in [0.4, 0.5) is 17.1 Å². The fraction of sp³-hybridized carbons (Fsp3) is 0.161. The molecule has 0 spiro atoms. The molecule has 1 heterocycles. The van der Waals surface area contributed by atoms with Crippen LogP contribution in [-0.4, -0.2) is 4.57 Å². The second kappa shape index (κ2) is 14.7. The van der Waals surface area contributed by atoms with Crippen LogP contribution in [0.5, 0.6) is 0 Å². The molecule has 10 aromatic rings. The van der Waals surface area contributed by atoms with Crippen molar-refractivity contribution in [2.75, 3.05) is 4.90 Å². The van der Waals surface area contributed by atoms with Crippen molar-refractivity contribution in [1.82, 2.24) is 4.57 Å². The lowest BCUT2D eigenvalue weighted by Gasteiger charge is -2.55. The topological polar surface area (TPSA) is 8.17 Å². The highest BCUT2D eigenvalue weighted by Gasteiger charge is 2.65. The number of nitrogens with zero attached hydrogens (tertiary/aromatic N) is 2. The Morgan fingerprint density at radius 2 is 1.02 bits per heavy atom.